The third-order valence-corrected chi connectivity index (χ3v) is 6.78. The minimum atomic E-state index is -0.472. The second-order valence-electron chi connectivity index (χ2n) is 6.78. The van der Waals surface area contributed by atoms with Crippen molar-refractivity contribution in [3.8, 4) is 0 Å². The quantitative estimate of drug-likeness (QED) is 0.588. The molecule has 0 bridgehead atoms. The Morgan fingerprint density at radius 1 is 1.21 bits per heavy atom. The molecule has 1 aliphatic carbocycles. The van der Waals surface area contributed by atoms with Crippen LogP contribution in [0.4, 0.5) is 5.00 Å². The number of amides is 2. The first-order valence-electron chi connectivity index (χ1n) is 9.11. The lowest BCUT2D eigenvalue weighted by molar-refractivity contribution is -0.117. The van der Waals surface area contributed by atoms with Gasteiger partial charge in [0.1, 0.15) is 10.8 Å². The number of fused-ring (bicyclic) bond motifs is 1. The van der Waals surface area contributed by atoms with Gasteiger partial charge in [0.05, 0.1) is 24.9 Å². The Morgan fingerprint density at radius 2 is 2.11 bits per heavy atom. The zero-order chi connectivity index (χ0) is 19.5. The molecule has 0 saturated carbocycles. The molecule has 0 saturated heterocycles. The molecule has 1 aliphatic rings. The minimum Gasteiger partial charge on any atom is -0.468 e. The second kappa shape index (κ2) is 8.30. The van der Waals surface area contributed by atoms with Gasteiger partial charge in [0, 0.05) is 16.3 Å². The maximum absolute atomic E-state index is 12.8. The maximum Gasteiger partial charge on any atom is 0.251 e. The van der Waals surface area contributed by atoms with Crippen LogP contribution in [0, 0.1) is 0 Å². The molecule has 3 N–H and O–H groups in total. The van der Waals surface area contributed by atoms with Gasteiger partial charge < -0.3 is 15.5 Å². The smallest absolute Gasteiger partial charge is 0.251 e. The van der Waals surface area contributed by atoms with Crippen LogP contribution in [0.2, 0.25) is 0 Å². The van der Waals surface area contributed by atoms with Gasteiger partial charge in [-0.3, -0.25) is 14.5 Å². The molecule has 0 radical (unpaired) electrons. The van der Waals surface area contributed by atoms with E-state index < -0.39 is 5.91 Å². The number of furan rings is 1. The van der Waals surface area contributed by atoms with E-state index in [2.05, 4.69) is 5.32 Å². The van der Waals surface area contributed by atoms with Crippen molar-refractivity contribution in [2.75, 3.05) is 11.9 Å². The van der Waals surface area contributed by atoms with Crippen molar-refractivity contribution in [1.29, 1.82) is 0 Å². The van der Waals surface area contributed by atoms with Crippen LogP contribution in [0.5, 0.6) is 0 Å². The van der Waals surface area contributed by atoms with E-state index in [0.717, 1.165) is 35.5 Å². The molecular weight excluding hydrogens is 394 g/mol. The molecule has 4 rings (SSSR count). The number of anilines is 1. The van der Waals surface area contributed by atoms with Crippen LogP contribution in [-0.2, 0) is 30.7 Å². The SMILES string of the molecule is NC(=O)c1c(NC(=O)CN(Cc2ccco2)Cc2cccs2)sc2c1CCC2. The first-order chi connectivity index (χ1) is 13.6. The number of carbonyl (C=O) groups excluding carboxylic acids is 2. The lowest BCUT2D eigenvalue weighted by atomic mass is 10.1. The summed E-state index contributed by atoms with van der Waals surface area (Å²) in [4.78, 5) is 29.0. The third-order valence-electron chi connectivity index (χ3n) is 4.71. The fraction of sp³-hybridized carbons (Fsp3) is 0.300. The molecule has 0 spiro atoms. The summed E-state index contributed by atoms with van der Waals surface area (Å²) in [5.74, 6) is 0.170. The summed E-state index contributed by atoms with van der Waals surface area (Å²) in [6.45, 7) is 1.37. The first kappa shape index (κ1) is 18.9. The van der Waals surface area contributed by atoms with Crippen molar-refractivity contribution in [2.24, 2.45) is 5.73 Å². The number of hydrogen-bond donors (Lipinski definition) is 2. The average Bonchev–Trinajstić information content (AvgIpc) is 3.39. The highest BCUT2D eigenvalue weighted by Crippen LogP contribution is 2.38. The van der Waals surface area contributed by atoms with Crippen LogP contribution in [0.15, 0.2) is 40.3 Å². The number of nitrogens with zero attached hydrogens (tertiary/aromatic N) is 1. The Bertz CT molecular complexity index is 925. The Kier molecular flexibility index (Phi) is 5.61. The van der Waals surface area contributed by atoms with Gasteiger partial charge in [-0.25, -0.2) is 0 Å². The van der Waals surface area contributed by atoms with E-state index in [0.29, 0.717) is 23.7 Å². The van der Waals surface area contributed by atoms with E-state index in [1.54, 1.807) is 17.6 Å². The van der Waals surface area contributed by atoms with Crippen LogP contribution in [0.3, 0.4) is 0 Å². The van der Waals surface area contributed by atoms with Gasteiger partial charge in [-0.05, 0) is 48.4 Å². The van der Waals surface area contributed by atoms with Crippen LogP contribution < -0.4 is 11.1 Å². The molecule has 146 valence electrons. The average molecular weight is 416 g/mol. The lowest BCUT2D eigenvalue weighted by Gasteiger charge is -2.20. The van der Waals surface area contributed by atoms with Gasteiger partial charge >= 0.3 is 0 Å². The predicted molar refractivity (Wildman–Crippen MR) is 111 cm³/mol. The van der Waals surface area contributed by atoms with Gasteiger partial charge in [0.2, 0.25) is 5.91 Å². The van der Waals surface area contributed by atoms with Gasteiger partial charge in [-0.2, -0.15) is 0 Å². The summed E-state index contributed by atoms with van der Waals surface area (Å²) in [5, 5.41) is 5.52. The molecule has 3 aromatic rings. The topological polar surface area (TPSA) is 88.6 Å². The number of nitrogens with two attached hydrogens (primary N) is 1. The van der Waals surface area contributed by atoms with Crippen molar-refractivity contribution in [3.63, 3.8) is 0 Å². The summed E-state index contributed by atoms with van der Waals surface area (Å²) in [5.41, 5.74) is 7.09. The summed E-state index contributed by atoms with van der Waals surface area (Å²) in [6, 6.07) is 7.78. The fourth-order valence-corrected chi connectivity index (χ4v) is 5.59. The van der Waals surface area contributed by atoms with Crippen molar-refractivity contribution in [2.45, 2.75) is 32.4 Å². The standard InChI is InChI=1S/C20H21N3O3S2/c21-19(25)18-15-6-1-7-16(15)28-20(18)22-17(24)12-23(10-13-4-2-8-26-13)11-14-5-3-9-27-14/h2-5,8-9H,1,6-7,10-12H2,(H2,21,25)(H,22,24). The van der Waals surface area contributed by atoms with Crippen LogP contribution in [0.25, 0.3) is 0 Å². The number of hydrogen-bond acceptors (Lipinski definition) is 6. The number of thiophene rings is 2. The molecule has 3 aromatic heterocycles. The highest BCUT2D eigenvalue weighted by Gasteiger charge is 2.26. The molecule has 0 aromatic carbocycles. The molecule has 2 amide bonds. The second-order valence-corrected chi connectivity index (χ2v) is 8.92. The van der Waals surface area contributed by atoms with E-state index in [1.165, 1.54) is 16.2 Å². The van der Waals surface area contributed by atoms with Gasteiger partial charge in [0.15, 0.2) is 0 Å². The molecule has 0 atom stereocenters. The van der Waals surface area contributed by atoms with Crippen LogP contribution >= 0.6 is 22.7 Å². The monoisotopic (exact) mass is 415 g/mol. The number of carbonyl (C=O) groups is 2. The van der Waals surface area contributed by atoms with E-state index in [9.17, 15) is 9.59 Å². The summed E-state index contributed by atoms with van der Waals surface area (Å²) >= 11 is 3.13. The molecule has 3 heterocycles. The van der Waals surface area contributed by atoms with Crippen LogP contribution in [-0.4, -0.2) is 23.3 Å². The molecule has 0 fully saturated rings. The predicted octanol–water partition coefficient (Wildman–Crippen LogP) is 3.63. The van der Waals surface area contributed by atoms with E-state index >= 15 is 0 Å². The molecular formula is C20H21N3O3S2. The van der Waals surface area contributed by atoms with Crippen molar-refractivity contribution in [1.82, 2.24) is 4.90 Å². The van der Waals surface area contributed by atoms with Gasteiger partial charge in [0.25, 0.3) is 5.91 Å². The van der Waals surface area contributed by atoms with E-state index in [1.807, 2.05) is 34.5 Å². The Morgan fingerprint density at radius 3 is 2.82 bits per heavy atom. The number of rotatable bonds is 8. The summed E-state index contributed by atoms with van der Waals surface area (Å²) in [7, 11) is 0. The number of aryl methyl sites for hydroxylation is 1. The summed E-state index contributed by atoms with van der Waals surface area (Å²) in [6.07, 6.45) is 4.46. The summed E-state index contributed by atoms with van der Waals surface area (Å²) < 4.78 is 5.45. The zero-order valence-electron chi connectivity index (χ0n) is 15.3. The molecule has 8 heteroatoms. The maximum atomic E-state index is 12.8. The molecule has 6 nitrogen and oxygen atoms in total. The lowest BCUT2D eigenvalue weighted by Crippen LogP contribution is -2.32. The van der Waals surface area contributed by atoms with Gasteiger partial charge in [-0.15, -0.1) is 22.7 Å². The van der Waals surface area contributed by atoms with Crippen LogP contribution in [0.1, 0.15) is 37.9 Å². The Labute approximate surface area is 171 Å². The van der Waals surface area contributed by atoms with Crippen molar-refractivity contribution < 1.29 is 14.0 Å². The highest BCUT2D eigenvalue weighted by atomic mass is 32.1. The Balaban J connectivity index is 1.48. The molecule has 28 heavy (non-hydrogen) atoms. The first-order valence-corrected chi connectivity index (χ1v) is 10.8. The molecule has 0 unspecified atom stereocenters. The van der Waals surface area contributed by atoms with Crippen molar-refractivity contribution in [3.05, 3.63) is 62.6 Å². The Hall–Kier alpha value is -2.42. The zero-order valence-corrected chi connectivity index (χ0v) is 16.9. The third kappa shape index (κ3) is 4.19. The largest absolute Gasteiger partial charge is 0.468 e. The normalized spacial score (nSPS) is 13.0. The van der Waals surface area contributed by atoms with Crippen molar-refractivity contribution >= 4 is 39.5 Å². The molecule has 0 aliphatic heterocycles. The van der Waals surface area contributed by atoms with Gasteiger partial charge in [-0.1, -0.05) is 6.07 Å². The number of primary amides is 1. The minimum absolute atomic E-state index is 0.162. The fourth-order valence-electron chi connectivity index (χ4n) is 3.54. The van der Waals surface area contributed by atoms with E-state index in [-0.39, 0.29) is 12.5 Å². The number of nitrogens with one attached hydrogen (secondary N) is 1. The highest BCUT2D eigenvalue weighted by molar-refractivity contribution is 7.17. The van der Waals surface area contributed by atoms with E-state index in [4.69, 9.17) is 10.2 Å².